The molecule has 0 aromatic heterocycles. The third kappa shape index (κ3) is 3.13. The number of benzene rings is 2. The van der Waals surface area contributed by atoms with Gasteiger partial charge in [0.25, 0.3) is 0 Å². The Morgan fingerprint density at radius 3 is 2.45 bits per heavy atom. The van der Waals surface area contributed by atoms with Crippen LogP contribution in [-0.4, -0.2) is 25.7 Å². The maximum atomic E-state index is 3.49. The highest BCUT2D eigenvalue weighted by molar-refractivity contribution is 5.94. The highest BCUT2D eigenvalue weighted by Gasteiger charge is 2.17. The smallest absolute Gasteiger partial charge is 0.0448 e. The van der Waals surface area contributed by atoms with Crippen LogP contribution in [0.2, 0.25) is 0 Å². The van der Waals surface area contributed by atoms with E-state index >= 15 is 0 Å². The first-order chi connectivity index (χ1) is 9.81. The van der Waals surface area contributed by atoms with Crippen LogP contribution in [0.3, 0.4) is 0 Å². The van der Waals surface area contributed by atoms with Crippen LogP contribution in [0.5, 0.6) is 0 Å². The molecule has 0 fully saturated rings. The van der Waals surface area contributed by atoms with Crippen molar-refractivity contribution in [1.82, 2.24) is 5.32 Å². The van der Waals surface area contributed by atoms with E-state index in [2.05, 4.69) is 73.5 Å². The third-order valence-corrected chi connectivity index (χ3v) is 3.96. The van der Waals surface area contributed by atoms with Gasteiger partial charge in [-0.1, -0.05) is 50.2 Å². The van der Waals surface area contributed by atoms with Gasteiger partial charge in [0.05, 0.1) is 0 Å². The van der Waals surface area contributed by atoms with Gasteiger partial charge in [-0.15, -0.1) is 0 Å². The number of fused-ring (bicyclic) bond motifs is 1. The molecule has 1 unspecified atom stereocenters. The second-order valence-corrected chi connectivity index (χ2v) is 5.15. The van der Waals surface area contributed by atoms with Gasteiger partial charge in [-0.05, 0) is 31.3 Å². The minimum atomic E-state index is 0.547. The SMILES string of the molecule is CCNCC(CC)N(CC)c1cccc2ccccc12. The molecule has 1 atom stereocenters. The van der Waals surface area contributed by atoms with Crippen LogP contribution in [-0.2, 0) is 0 Å². The number of hydrogen-bond donors (Lipinski definition) is 1. The predicted octanol–water partition coefficient (Wildman–Crippen LogP) is 4.05. The first-order valence-electron chi connectivity index (χ1n) is 7.76. The van der Waals surface area contributed by atoms with E-state index in [0.29, 0.717) is 6.04 Å². The summed E-state index contributed by atoms with van der Waals surface area (Å²) >= 11 is 0. The highest BCUT2D eigenvalue weighted by Crippen LogP contribution is 2.28. The third-order valence-electron chi connectivity index (χ3n) is 3.96. The zero-order chi connectivity index (χ0) is 14.4. The Balaban J connectivity index is 2.37. The lowest BCUT2D eigenvalue weighted by atomic mass is 10.1. The maximum absolute atomic E-state index is 3.49. The predicted molar refractivity (Wildman–Crippen MR) is 89.6 cm³/mol. The van der Waals surface area contributed by atoms with Gasteiger partial charge in [-0.25, -0.2) is 0 Å². The average Bonchev–Trinajstić information content (AvgIpc) is 2.51. The van der Waals surface area contributed by atoms with Crippen LogP contribution in [0.4, 0.5) is 5.69 Å². The van der Waals surface area contributed by atoms with Crippen molar-refractivity contribution in [1.29, 1.82) is 0 Å². The van der Waals surface area contributed by atoms with Gasteiger partial charge < -0.3 is 10.2 Å². The molecule has 0 saturated heterocycles. The number of anilines is 1. The summed E-state index contributed by atoms with van der Waals surface area (Å²) in [5.74, 6) is 0. The fraction of sp³-hybridized carbons (Fsp3) is 0.444. The first-order valence-corrected chi connectivity index (χ1v) is 7.76. The van der Waals surface area contributed by atoms with Gasteiger partial charge in [0.15, 0.2) is 0 Å². The van der Waals surface area contributed by atoms with Gasteiger partial charge in [-0.3, -0.25) is 0 Å². The van der Waals surface area contributed by atoms with Crippen molar-refractivity contribution in [3.63, 3.8) is 0 Å². The summed E-state index contributed by atoms with van der Waals surface area (Å²) in [5.41, 5.74) is 1.36. The van der Waals surface area contributed by atoms with E-state index in [-0.39, 0.29) is 0 Å². The molecule has 0 amide bonds. The molecule has 20 heavy (non-hydrogen) atoms. The molecule has 108 valence electrons. The summed E-state index contributed by atoms with van der Waals surface area (Å²) in [6.45, 7) is 9.80. The molecule has 0 aliphatic rings. The van der Waals surface area contributed by atoms with E-state index in [1.54, 1.807) is 0 Å². The van der Waals surface area contributed by atoms with E-state index in [9.17, 15) is 0 Å². The van der Waals surface area contributed by atoms with Crippen molar-refractivity contribution >= 4 is 16.5 Å². The fourth-order valence-corrected chi connectivity index (χ4v) is 2.87. The van der Waals surface area contributed by atoms with Crippen molar-refractivity contribution in [3.05, 3.63) is 42.5 Å². The lowest BCUT2D eigenvalue weighted by Crippen LogP contribution is -2.42. The van der Waals surface area contributed by atoms with Crippen molar-refractivity contribution in [2.24, 2.45) is 0 Å². The zero-order valence-electron chi connectivity index (χ0n) is 12.9. The lowest BCUT2D eigenvalue weighted by Gasteiger charge is -2.33. The summed E-state index contributed by atoms with van der Waals surface area (Å²) in [6, 6.07) is 15.8. The zero-order valence-corrected chi connectivity index (χ0v) is 12.9. The first kappa shape index (κ1) is 14.9. The van der Waals surface area contributed by atoms with Crippen LogP contribution in [0.1, 0.15) is 27.2 Å². The molecule has 2 heteroatoms. The van der Waals surface area contributed by atoms with E-state index < -0.39 is 0 Å². The van der Waals surface area contributed by atoms with Gasteiger partial charge in [0, 0.05) is 30.2 Å². The number of likely N-dealkylation sites (N-methyl/N-ethyl adjacent to an activating group) is 2. The molecular weight excluding hydrogens is 244 g/mol. The monoisotopic (exact) mass is 270 g/mol. The second-order valence-electron chi connectivity index (χ2n) is 5.15. The van der Waals surface area contributed by atoms with Crippen molar-refractivity contribution in [2.45, 2.75) is 33.2 Å². The Morgan fingerprint density at radius 2 is 1.75 bits per heavy atom. The molecule has 2 aromatic rings. The molecule has 0 aliphatic heterocycles. The fourth-order valence-electron chi connectivity index (χ4n) is 2.87. The van der Waals surface area contributed by atoms with Crippen LogP contribution in [0.15, 0.2) is 42.5 Å². The number of nitrogens with zero attached hydrogens (tertiary/aromatic N) is 1. The second kappa shape index (κ2) is 7.30. The minimum absolute atomic E-state index is 0.547. The minimum Gasteiger partial charge on any atom is -0.367 e. The standard InChI is InChI=1S/C18H26N2/c1-4-16(14-19-5-2)20(6-3)18-13-9-11-15-10-7-8-12-17(15)18/h7-13,16,19H,4-6,14H2,1-3H3. The Bertz CT molecular complexity index is 530. The molecule has 0 radical (unpaired) electrons. The quantitative estimate of drug-likeness (QED) is 0.816. The Kier molecular flexibility index (Phi) is 5.42. The summed E-state index contributed by atoms with van der Waals surface area (Å²) in [6.07, 6.45) is 1.16. The Morgan fingerprint density at radius 1 is 1.00 bits per heavy atom. The Labute approximate surface area is 122 Å². The van der Waals surface area contributed by atoms with E-state index in [1.165, 1.54) is 16.5 Å². The van der Waals surface area contributed by atoms with E-state index in [4.69, 9.17) is 0 Å². The van der Waals surface area contributed by atoms with Gasteiger partial charge in [0.1, 0.15) is 0 Å². The molecule has 0 heterocycles. The maximum Gasteiger partial charge on any atom is 0.0448 e. The lowest BCUT2D eigenvalue weighted by molar-refractivity contribution is 0.535. The normalized spacial score (nSPS) is 12.6. The van der Waals surface area contributed by atoms with Crippen LogP contribution in [0.25, 0.3) is 10.8 Å². The molecule has 2 aromatic carbocycles. The highest BCUT2D eigenvalue weighted by atomic mass is 15.2. The summed E-state index contributed by atoms with van der Waals surface area (Å²) in [5, 5.41) is 6.16. The number of hydrogen-bond acceptors (Lipinski definition) is 2. The average molecular weight is 270 g/mol. The molecule has 1 N–H and O–H groups in total. The summed E-state index contributed by atoms with van der Waals surface area (Å²) < 4.78 is 0. The topological polar surface area (TPSA) is 15.3 Å². The van der Waals surface area contributed by atoms with Gasteiger partial charge >= 0.3 is 0 Å². The Hall–Kier alpha value is -1.54. The van der Waals surface area contributed by atoms with Crippen molar-refractivity contribution < 1.29 is 0 Å². The molecule has 0 aliphatic carbocycles. The van der Waals surface area contributed by atoms with Crippen LogP contribution in [0, 0.1) is 0 Å². The molecule has 0 saturated carbocycles. The van der Waals surface area contributed by atoms with Gasteiger partial charge in [-0.2, -0.15) is 0 Å². The molecule has 0 spiro atoms. The van der Waals surface area contributed by atoms with Crippen LogP contribution < -0.4 is 10.2 Å². The summed E-state index contributed by atoms with van der Waals surface area (Å²) in [7, 11) is 0. The largest absolute Gasteiger partial charge is 0.367 e. The summed E-state index contributed by atoms with van der Waals surface area (Å²) in [4.78, 5) is 2.53. The van der Waals surface area contributed by atoms with Crippen molar-refractivity contribution in [2.75, 3.05) is 24.5 Å². The van der Waals surface area contributed by atoms with E-state index in [1.807, 2.05) is 0 Å². The van der Waals surface area contributed by atoms with Crippen LogP contribution >= 0.6 is 0 Å². The van der Waals surface area contributed by atoms with Crippen molar-refractivity contribution in [3.8, 4) is 0 Å². The van der Waals surface area contributed by atoms with E-state index in [0.717, 1.165) is 26.1 Å². The molecule has 0 bridgehead atoms. The number of rotatable bonds is 7. The molecule has 2 rings (SSSR count). The molecule has 2 nitrogen and oxygen atoms in total. The number of nitrogens with one attached hydrogen (secondary N) is 1. The van der Waals surface area contributed by atoms with Gasteiger partial charge in [0.2, 0.25) is 0 Å². The molecular formula is C18H26N2.